The number of benzene rings is 1. The van der Waals surface area contributed by atoms with Crippen molar-refractivity contribution in [3.8, 4) is 0 Å². The number of nitrogens with one attached hydrogen (secondary N) is 1. The number of hydrogen-bond acceptors (Lipinski definition) is 4. The van der Waals surface area contributed by atoms with Gasteiger partial charge < -0.3 is 9.47 Å². The normalized spacial score (nSPS) is 21.7. The monoisotopic (exact) mass is 325 g/mol. The van der Waals surface area contributed by atoms with Crippen molar-refractivity contribution in [3.63, 3.8) is 0 Å². The lowest BCUT2D eigenvalue weighted by Gasteiger charge is -2.17. The summed E-state index contributed by atoms with van der Waals surface area (Å²) in [5, 5.41) is 0. The Balaban J connectivity index is 2.13. The van der Waals surface area contributed by atoms with E-state index in [0.717, 1.165) is 0 Å². The molecule has 5 nitrogen and oxygen atoms in total. The molecule has 1 saturated heterocycles. The van der Waals surface area contributed by atoms with Crippen LogP contribution in [-0.2, 0) is 19.5 Å². The molecule has 1 aliphatic heterocycles. The Morgan fingerprint density at radius 2 is 1.86 bits per heavy atom. The van der Waals surface area contributed by atoms with Crippen LogP contribution >= 0.6 is 0 Å². The lowest BCUT2D eigenvalue weighted by Crippen LogP contribution is -2.35. The van der Waals surface area contributed by atoms with Gasteiger partial charge in [-0.15, -0.1) is 0 Å². The summed E-state index contributed by atoms with van der Waals surface area (Å²) in [5.74, 6) is -5.03. The Bertz CT molecular complexity index is 625. The van der Waals surface area contributed by atoms with Crippen molar-refractivity contribution in [1.29, 1.82) is 0 Å². The average Bonchev–Trinajstić information content (AvgIpc) is 2.65. The third-order valence-electron chi connectivity index (χ3n) is 2.80. The van der Waals surface area contributed by atoms with Gasteiger partial charge in [-0.1, -0.05) is 0 Å². The van der Waals surface area contributed by atoms with Crippen LogP contribution in [0.2, 0.25) is 0 Å². The first-order valence-corrected chi connectivity index (χ1v) is 7.55. The van der Waals surface area contributed by atoms with E-state index < -0.39 is 44.3 Å². The molecule has 1 aliphatic rings. The Labute approximate surface area is 120 Å². The summed E-state index contributed by atoms with van der Waals surface area (Å²) in [6.07, 6.45) is -0.582. The molecule has 0 radical (unpaired) electrons. The smallest absolute Gasteiger partial charge is 0.246 e. The van der Waals surface area contributed by atoms with Crippen molar-refractivity contribution in [2.45, 2.75) is 30.6 Å². The fourth-order valence-electron chi connectivity index (χ4n) is 1.92. The van der Waals surface area contributed by atoms with Crippen LogP contribution < -0.4 is 4.72 Å². The maximum Gasteiger partial charge on any atom is 0.246 e. The van der Waals surface area contributed by atoms with Gasteiger partial charge in [0.2, 0.25) is 10.0 Å². The molecule has 0 saturated carbocycles. The molecule has 0 amide bonds. The van der Waals surface area contributed by atoms with E-state index in [-0.39, 0.29) is 13.2 Å². The highest BCUT2D eigenvalue weighted by molar-refractivity contribution is 7.89. The van der Waals surface area contributed by atoms with Crippen LogP contribution in [-0.4, -0.2) is 33.5 Å². The zero-order chi connectivity index (χ0) is 15.8. The molecular formula is C12H14F3NO4S. The highest BCUT2D eigenvalue weighted by Gasteiger charge is 2.34. The zero-order valence-electron chi connectivity index (χ0n) is 11.3. The van der Waals surface area contributed by atoms with Gasteiger partial charge in [0, 0.05) is 18.7 Å². The van der Waals surface area contributed by atoms with Gasteiger partial charge in [-0.2, -0.15) is 0 Å². The van der Waals surface area contributed by atoms with Crippen LogP contribution in [0.25, 0.3) is 0 Å². The van der Waals surface area contributed by atoms with Gasteiger partial charge in [-0.3, -0.25) is 0 Å². The van der Waals surface area contributed by atoms with Gasteiger partial charge in [-0.05, 0) is 13.8 Å². The summed E-state index contributed by atoms with van der Waals surface area (Å²) >= 11 is 0. The Morgan fingerprint density at radius 1 is 1.29 bits per heavy atom. The number of hydrogen-bond donors (Lipinski definition) is 1. The fourth-order valence-corrected chi connectivity index (χ4v) is 3.11. The summed E-state index contributed by atoms with van der Waals surface area (Å²) < 4.78 is 76.1. The molecule has 1 atom stereocenters. The fraction of sp³-hybridized carbons (Fsp3) is 0.500. The maximum absolute atomic E-state index is 13.5. The second kappa shape index (κ2) is 5.56. The SMILES string of the molecule is CC1(C)OCC(CNS(=O)(=O)c2c(F)cc(F)cc2F)O1. The molecule has 0 aromatic heterocycles. The molecule has 1 heterocycles. The van der Waals surface area contributed by atoms with E-state index in [1.165, 1.54) is 0 Å². The second-order valence-corrected chi connectivity index (χ2v) is 6.70. The molecule has 2 rings (SSSR count). The number of ether oxygens (including phenoxy) is 2. The molecule has 1 aromatic carbocycles. The van der Waals surface area contributed by atoms with Crippen LogP contribution in [0.1, 0.15) is 13.8 Å². The van der Waals surface area contributed by atoms with E-state index in [2.05, 4.69) is 0 Å². The van der Waals surface area contributed by atoms with Crippen LogP contribution in [0.3, 0.4) is 0 Å². The molecule has 1 fully saturated rings. The summed E-state index contributed by atoms with van der Waals surface area (Å²) in [6, 6.07) is 0.603. The molecule has 1 aromatic rings. The second-order valence-electron chi connectivity index (χ2n) is 5.00. The topological polar surface area (TPSA) is 64.6 Å². The predicted molar refractivity (Wildman–Crippen MR) is 66.4 cm³/mol. The van der Waals surface area contributed by atoms with Crippen molar-refractivity contribution < 1.29 is 31.1 Å². The molecule has 0 spiro atoms. The Hall–Kier alpha value is -1.16. The summed E-state index contributed by atoms with van der Waals surface area (Å²) in [5.41, 5.74) is 0. The van der Waals surface area contributed by atoms with E-state index in [9.17, 15) is 21.6 Å². The molecule has 0 bridgehead atoms. The minimum atomic E-state index is -4.47. The molecule has 21 heavy (non-hydrogen) atoms. The van der Waals surface area contributed by atoms with Gasteiger partial charge >= 0.3 is 0 Å². The predicted octanol–water partition coefficient (Wildman–Crippen LogP) is 1.53. The maximum atomic E-state index is 13.5. The van der Waals surface area contributed by atoms with Crippen molar-refractivity contribution in [1.82, 2.24) is 4.72 Å². The van der Waals surface area contributed by atoms with E-state index in [4.69, 9.17) is 9.47 Å². The van der Waals surface area contributed by atoms with E-state index in [1.807, 2.05) is 4.72 Å². The quantitative estimate of drug-likeness (QED) is 0.912. The number of rotatable bonds is 4. The van der Waals surface area contributed by atoms with Crippen LogP contribution in [0.15, 0.2) is 17.0 Å². The summed E-state index contributed by atoms with van der Waals surface area (Å²) in [7, 11) is -4.47. The minimum absolute atomic E-state index is 0.143. The van der Waals surface area contributed by atoms with Gasteiger partial charge in [0.15, 0.2) is 10.7 Å². The first-order valence-electron chi connectivity index (χ1n) is 6.07. The minimum Gasteiger partial charge on any atom is -0.348 e. The van der Waals surface area contributed by atoms with Crippen molar-refractivity contribution in [2.24, 2.45) is 0 Å². The van der Waals surface area contributed by atoms with Crippen LogP contribution in [0, 0.1) is 17.5 Å². The lowest BCUT2D eigenvalue weighted by molar-refractivity contribution is -0.137. The first kappa shape index (κ1) is 16.2. The van der Waals surface area contributed by atoms with Crippen molar-refractivity contribution in [2.75, 3.05) is 13.2 Å². The van der Waals surface area contributed by atoms with Gasteiger partial charge in [-0.25, -0.2) is 26.3 Å². The van der Waals surface area contributed by atoms with Crippen molar-refractivity contribution >= 4 is 10.0 Å². The zero-order valence-corrected chi connectivity index (χ0v) is 12.1. The molecule has 9 heteroatoms. The van der Waals surface area contributed by atoms with Gasteiger partial charge in [0.05, 0.1) is 12.7 Å². The third-order valence-corrected chi connectivity index (χ3v) is 4.27. The van der Waals surface area contributed by atoms with Gasteiger partial charge in [0.25, 0.3) is 0 Å². The van der Waals surface area contributed by atoms with E-state index in [1.54, 1.807) is 13.8 Å². The number of sulfonamides is 1. The molecule has 1 unspecified atom stereocenters. The van der Waals surface area contributed by atoms with Crippen LogP contribution in [0.5, 0.6) is 0 Å². The highest BCUT2D eigenvalue weighted by Crippen LogP contribution is 2.23. The number of halogens is 3. The van der Waals surface area contributed by atoms with Gasteiger partial charge in [0.1, 0.15) is 17.5 Å². The van der Waals surface area contributed by atoms with E-state index >= 15 is 0 Å². The Morgan fingerprint density at radius 3 is 2.33 bits per heavy atom. The molecule has 1 N–H and O–H groups in total. The third kappa shape index (κ3) is 3.73. The first-order chi connectivity index (χ1) is 9.61. The van der Waals surface area contributed by atoms with Crippen molar-refractivity contribution in [3.05, 3.63) is 29.6 Å². The largest absolute Gasteiger partial charge is 0.348 e. The average molecular weight is 325 g/mol. The molecular weight excluding hydrogens is 311 g/mol. The molecule has 118 valence electrons. The summed E-state index contributed by atoms with van der Waals surface area (Å²) in [4.78, 5) is -1.22. The van der Waals surface area contributed by atoms with E-state index in [0.29, 0.717) is 12.1 Å². The lowest BCUT2D eigenvalue weighted by atomic mass is 10.3. The molecule has 0 aliphatic carbocycles. The van der Waals surface area contributed by atoms with Crippen LogP contribution in [0.4, 0.5) is 13.2 Å². The summed E-state index contributed by atoms with van der Waals surface area (Å²) in [6.45, 7) is 3.23. The standard InChI is InChI=1S/C12H14F3NO4S/c1-12(2)19-6-8(20-12)5-16-21(17,18)11-9(14)3-7(13)4-10(11)15/h3-4,8,16H,5-6H2,1-2H3. The highest BCUT2D eigenvalue weighted by atomic mass is 32.2. The Kier molecular flexibility index (Phi) is 4.29.